The Morgan fingerprint density at radius 3 is 2.42 bits per heavy atom. The number of carbonyl (C=O) groups excluding carboxylic acids is 1. The fraction of sp³-hybridized carbons (Fsp3) is 0. The van der Waals surface area contributed by atoms with Gasteiger partial charge in [-0.15, -0.1) is 0 Å². The molecule has 2 aromatic carbocycles. The molecule has 0 fully saturated rings. The Labute approximate surface area is 148 Å². The third-order valence-electron chi connectivity index (χ3n) is 3.33. The predicted molar refractivity (Wildman–Crippen MR) is 100 cm³/mol. The molecule has 24 heavy (non-hydrogen) atoms. The second-order valence-electron chi connectivity index (χ2n) is 5.15. The minimum atomic E-state index is -0.235. The molecular weight excluding hydrogens is 368 g/mol. The van der Waals surface area contributed by atoms with E-state index in [-0.39, 0.29) is 5.91 Å². The van der Waals surface area contributed by atoms with Gasteiger partial charge < -0.3 is 15.5 Å². The third kappa shape index (κ3) is 4.14. The normalized spacial score (nSPS) is 10.9. The summed E-state index contributed by atoms with van der Waals surface area (Å²) in [7, 11) is 0. The van der Waals surface area contributed by atoms with Gasteiger partial charge in [0.1, 0.15) is 11.5 Å². The first-order valence-corrected chi connectivity index (χ1v) is 8.10. The molecule has 0 saturated heterocycles. The van der Waals surface area contributed by atoms with E-state index in [0.29, 0.717) is 17.1 Å². The summed E-state index contributed by atoms with van der Waals surface area (Å²) in [5, 5.41) is 2.76. The van der Waals surface area contributed by atoms with Crippen LogP contribution in [0, 0.1) is 0 Å². The molecule has 3 rings (SSSR count). The first-order valence-electron chi connectivity index (χ1n) is 7.30. The summed E-state index contributed by atoms with van der Waals surface area (Å²) in [6.07, 6.45) is 3.07. The van der Waals surface area contributed by atoms with E-state index in [0.717, 1.165) is 15.8 Å². The highest BCUT2D eigenvalue weighted by Gasteiger charge is 2.04. The van der Waals surface area contributed by atoms with Crippen molar-refractivity contribution in [1.82, 2.24) is 0 Å². The van der Waals surface area contributed by atoms with Crippen LogP contribution >= 0.6 is 15.9 Å². The van der Waals surface area contributed by atoms with Gasteiger partial charge in [0.2, 0.25) is 5.91 Å². The van der Waals surface area contributed by atoms with Crippen LogP contribution in [-0.4, -0.2) is 5.91 Å². The third-order valence-corrected chi connectivity index (χ3v) is 3.86. The van der Waals surface area contributed by atoms with E-state index in [4.69, 9.17) is 10.2 Å². The van der Waals surface area contributed by atoms with Crippen LogP contribution in [0.2, 0.25) is 0 Å². The van der Waals surface area contributed by atoms with Crippen LogP contribution in [0.5, 0.6) is 0 Å². The van der Waals surface area contributed by atoms with Crippen LogP contribution in [0.25, 0.3) is 17.4 Å². The lowest BCUT2D eigenvalue weighted by atomic mass is 10.2. The van der Waals surface area contributed by atoms with E-state index in [2.05, 4.69) is 21.2 Å². The summed E-state index contributed by atoms with van der Waals surface area (Å²) in [6, 6.07) is 18.5. The zero-order valence-electron chi connectivity index (χ0n) is 12.7. The summed E-state index contributed by atoms with van der Waals surface area (Å²) in [4.78, 5) is 11.9. The quantitative estimate of drug-likeness (QED) is 0.495. The highest BCUT2D eigenvalue weighted by molar-refractivity contribution is 9.10. The summed E-state index contributed by atoms with van der Waals surface area (Å²) in [5.41, 5.74) is 7.93. The highest BCUT2D eigenvalue weighted by atomic mass is 79.9. The number of nitrogens with one attached hydrogen (secondary N) is 1. The molecule has 1 amide bonds. The Balaban J connectivity index is 1.65. The van der Waals surface area contributed by atoms with Crippen molar-refractivity contribution in [1.29, 1.82) is 0 Å². The average Bonchev–Trinajstić information content (AvgIpc) is 3.05. The molecular formula is C19H15BrN2O2. The molecule has 0 radical (unpaired) electrons. The van der Waals surface area contributed by atoms with E-state index < -0.39 is 0 Å². The van der Waals surface area contributed by atoms with Gasteiger partial charge in [-0.1, -0.05) is 28.1 Å². The number of rotatable bonds is 4. The number of nitrogen functional groups attached to an aromatic ring is 1. The molecule has 3 aromatic rings. The van der Waals surface area contributed by atoms with Gasteiger partial charge in [-0.25, -0.2) is 0 Å². The number of anilines is 2. The molecule has 120 valence electrons. The Kier molecular flexibility index (Phi) is 4.82. The van der Waals surface area contributed by atoms with E-state index in [1.807, 2.05) is 36.4 Å². The van der Waals surface area contributed by atoms with Gasteiger partial charge in [0.05, 0.1) is 0 Å². The minimum absolute atomic E-state index is 0.235. The number of hydrogen-bond donors (Lipinski definition) is 2. The molecule has 0 unspecified atom stereocenters. The SMILES string of the molecule is Nc1ccc(NC(=O)/C=C/c2ccc(-c3ccc(Br)cc3)o2)cc1. The van der Waals surface area contributed by atoms with Gasteiger partial charge in [-0.3, -0.25) is 4.79 Å². The lowest BCUT2D eigenvalue weighted by Gasteiger charge is -2.01. The molecule has 3 N–H and O–H groups in total. The van der Waals surface area contributed by atoms with Crippen LogP contribution in [0.15, 0.2) is 75.6 Å². The molecule has 1 heterocycles. The van der Waals surface area contributed by atoms with Crippen LogP contribution in [0.1, 0.15) is 5.76 Å². The van der Waals surface area contributed by atoms with Crippen LogP contribution < -0.4 is 11.1 Å². The van der Waals surface area contributed by atoms with Crippen molar-refractivity contribution < 1.29 is 9.21 Å². The molecule has 5 heteroatoms. The topological polar surface area (TPSA) is 68.3 Å². The first-order chi connectivity index (χ1) is 11.6. The standard InChI is InChI=1S/C19H15BrN2O2/c20-14-3-1-13(2-4-14)18-11-9-17(24-18)10-12-19(23)22-16-7-5-15(21)6-8-16/h1-12H,21H2,(H,22,23)/b12-10+. The molecule has 0 saturated carbocycles. The fourth-order valence-corrected chi connectivity index (χ4v) is 2.38. The van der Waals surface area contributed by atoms with Crippen molar-refractivity contribution in [3.8, 4) is 11.3 Å². The zero-order valence-corrected chi connectivity index (χ0v) is 14.3. The maximum absolute atomic E-state index is 11.9. The van der Waals surface area contributed by atoms with E-state index in [9.17, 15) is 4.79 Å². The van der Waals surface area contributed by atoms with Crippen molar-refractivity contribution >= 4 is 39.3 Å². The van der Waals surface area contributed by atoms with Crippen molar-refractivity contribution in [3.63, 3.8) is 0 Å². The molecule has 0 aliphatic heterocycles. The second-order valence-corrected chi connectivity index (χ2v) is 6.07. The van der Waals surface area contributed by atoms with Crippen LogP contribution in [0.3, 0.4) is 0 Å². The summed E-state index contributed by atoms with van der Waals surface area (Å²) in [6.45, 7) is 0. The van der Waals surface area contributed by atoms with Gasteiger partial charge in [-0.05, 0) is 54.6 Å². The van der Waals surface area contributed by atoms with Crippen molar-refractivity contribution in [2.24, 2.45) is 0 Å². The smallest absolute Gasteiger partial charge is 0.248 e. The van der Waals surface area contributed by atoms with Crippen molar-refractivity contribution in [3.05, 3.63) is 77.0 Å². The van der Waals surface area contributed by atoms with Crippen molar-refractivity contribution in [2.45, 2.75) is 0 Å². The molecule has 0 aliphatic rings. The number of carbonyl (C=O) groups is 1. The van der Waals surface area contributed by atoms with Crippen LogP contribution in [0.4, 0.5) is 11.4 Å². The average molecular weight is 383 g/mol. The molecule has 1 aromatic heterocycles. The van der Waals surface area contributed by atoms with Gasteiger partial charge in [-0.2, -0.15) is 0 Å². The second kappa shape index (κ2) is 7.19. The monoisotopic (exact) mass is 382 g/mol. The fourth-order valence-electron chi connectivity index (χ4n) is 2.12. The summed E-state index contributed by atoms with van der Waals surface area (Å²) >= 11 is 3.40. The maximum atomic E-state index is 11.9. The number of halogens is 1. The minimum Gasteiger partial charge on any atom is -0.457 e. The summed E-state index contributed by atoms with van der Waals surface area (Å²) < 4.78 is 6.74. The first kappa shape index (κ1) is 16.1. The van der Waals surface area contributed by atoms with Crippen molar-refractivity contribution in [2.75, 3.05) is 11.1 Å². The Bertz CT molecular complexity index is 865. The number of hydrogen-bond acceptors (Lipinski definition) is 3. The number of furan rings is 1. The number of amides is 1. The number of benzene rings is 2. The molecule has 4 nitrogen and oxygen atoms in total. The largest absolute Gasteiger partial charge is 0.457 e. The lowest BCUT2D eigenvalue weighted by Crippen LogP contribution is -2.07. The van der Waals surface area contributed by atoms with Gasteiger partial charge in [0.15, 0.2) is 0 Å². The highest BCUT2D eigenvalue weighted by Crippen LogP contribution is 2.24. The molecule has 0 bridgehead atoms. The predicted octanol–water partition coefficient (Wildman–Crippen LogP) is 4.94. The van der Waals surface area contributed by atoms with E-state index in [1.165, 1.54) is 6.08 Å². The molecule has 0 atom stereocenters. The Morgan fingerprint density at radius 2 is 1.71 bits per heavy atom. The Hall–Kier alpha value is -2.79. The Morgan fingerprint density at radius 1 is 1.00 bits per heavy atom. The molecule has 0 spiro atoms. The van der Waals surface area contributed by atoms with Gasteiger partial charge in [0, 0.05) is 27.5 Å². The van der Waals surface area contributed by atoms with Crippen LogP contribution in [-0.2, 0) is 4.79 Å². The van der Waals surface area contributed by atoms with Gasteiger partial charge >= 0.3 is 0 Å². The summed E-state index contributed by atoms with van der Waals surface area (Å²) in [5.74, 6) is 1.13. The van der Waals surface area contributed by atoms with E-state index in [1.54, 1.807) is 30.3 Å². The lowest BCUT2D eigenvalue weighted by molar-refractivity contribution is -0.111. The number of nitrogens with two attached hydrogens (primary N) is 1. The van der Waals surface area contributed by atoms with E-state index >= 15 is 0 Å². The van der Waals surface area contributed by atoms with Gasteiger partial charge in [0.25, 0.3) is 0 Å². The zero-order chi connectivity index (χ0) is 16.9. The maximum Gasteiger partial charge on any atom is 0.248 e. The molecule has 0 aliphatic carbocycles.